The maximum Gasteiger partial charge on any atom is 0.215 e. The Morgan fingerprint density at radius 2 is 2.06 bits per heavy atom. The first-order valence-corrected chi connectivity index (χ1v) is 6.94. The molecule has 0 atom stereocenters. The van der Waals surface area contributed by atoms with Crippen molar-refractivity contribution in [2.24, 2.45) is 0 Å². The van der Waals surface area contributed by atoms with E-state index in [1.165, 1.54) is 6.07 Å². The second kappa shape index (κ2) is 6.29. The van der Waals surface area contributed by atoms with Crippen molar-refractivity contribution in [2.75, 3.05) is 37.6 Å². The fourth-order valence-electron chi connectivity index (χ4n) is 2.02. The van der Waals surface area contributed by atoms with E-state index in [0.717, 1.165) is 36.3 Å². The third-order valence-corrected chi connectivity index (χ3v) is 3.60. The highest BCUT2D eigenvalue weighted by Gasteiger charge is 2.18. The zero-order valence-corrected chi connectivity index (χ0v) is 12.1. The predicted molar refractivity (Wildman–Crippen MR) is 75.8 cm³/mol. The van der Waals surface area contributed by atoms with Crippen LogP contribution in [0.1, 0.15) is 6.42 Å². The molecule has 0 unspecified atom stereocenters. The second-order valence-corrected chi connectivity index (χ2v) is 5.45. The summed E-state index contributed by atoms with van der Waals surface area (Å²) in [5, 5.41) is 8.55. The van der Waals surface area contributed by atoms with Gasteiger partial charge in [0.15, 0.2) is 0 Å². The summed E-state index contributed by atoms with van der Waals surface area (Å²) in [7, 11) is 0. The van der Waals surface area contributed by atoms with Crippen LogP contribution < -0.4 is 4.90 Å². The van der Waals surface area contributed by atoms with E-state index in [9.17, 15) is 4.39 Å². The van der Waals surface area contributed by atoms with E-state index in [-0.39, 0.29) is 0 Å². The number of anilines is 1. The van der Waals surface area contributed by atoms with Crippen molar-refractivity contribution in [3.63, 3.8) is 0 Å². The maximum atomic E-state index is 13.2. The Bertz CT molecular complexity index is 432. The first-order valence-electron chi connectivity index (χ1n) is 5.86. The molecule has 4 nitrogen and oxygen atoms in total. The van der Waals surface area contributed by atoms with Crippen LogP contribution >= 0.6 is 22.6 Å². The van der Waals surface area contributed by atoms with Gasteiger partial charge in [-0.15, -0.1) is 0 Å². The van der Waals surface area contributed by atoms with E-state index in [1.807, 2.05) is 6.07 Å². The van der Waals surface area contributed by atoms with Crippen molar-refractivity contribution >= 4 is 28.4 Å². The minimum Gasteiger partial charge on any atom is -0.354 e. The lowest BCUT2D eigenvalue weighted by atomic mass is 10.3. The smallest absolute Gasteiger partial charge is 0.215 e. The zero-order valence-electron chi connectivity index (χ0n) is 9.94. The molecule has 1 aromatic rings. The van der Waals surface area contributed by atoms with Crippen molar-refractivity contribution < 1.29 is 4.39 Å². The highest BCUT2D eigenvalue weighted by atomic mass is 127. The number of hydrogen-bond acceptors (Lipinski definition) is 4. The van der Waals surface area contributed by atoms with Crippen LogP contribution in [0.3, 0.4) is 0 Å². The van der Waals surface area contributed by atoms with E-state index >= 15 is 0 Å². The highest BCUT2D eigenvalue weighted by molar-refractivity contribution is 14.1. The molecule has 2 heterocycles. The largest absolute Gasteiger partial charge is 0.354 e. The summed E-state index contributed by atoms with van der Waals surface area (Å²) in [6.07, 6.45) is 0.566. The van der Waals surface area contributed by atoms with Crippen LogP contribution in [0.4, 0.5) is 10.2 Å². The van der Waals surface area contributed by atoms with Gasteiger partial charge in [-0.2, -0.15) is 9.65 Å². The van der Waals surface area contributed by atoms with E-state index in [0.29, 0.717) is 12.2 Å². The number of rotatable bonds is 3. The number of pyridine rings is 1. The molecule has 1 fully saturated rings. The molecule has 0 spiro atoms. The van der Waals surface area contributed by atoms with Crippen LogP contribution in [0.15, 0.2) is 12.1 Å². The van der Waals surface area contributed by atoms with E-state index in [1.54, 1.807) is 0 Å². The standard InChI is InChI=1S/C12H14FIN4/c13-11-8-10(14)9-12(16-11)18-6-4-17(5-7-18)3-1-2-15/h8-9H,1,3-7H2. The summed E-state index contributed by atoms with van der Waals surface area (Å²) in [6.45, 7) is 4.28. The van der Waals surface area contributed by atoms with Crippen molar-refractivity contribution in [2.45, 2.75) is 6.42 Å². The molecule has 0 saturated carbocycles. The quantitative estimate of drug-likeness (QED) is 0.610. The molecular weight excluding hydrogens is 346 g/mol. The summed E-state index contributed by atoms with van der Waals surface area (Å²) in [6, 6.07) is 5.48. The number of halogens is 2. The van der Waals surface area contributed by atoms with E-state index in [4.69, 9.17) is 5.26 Å². The monoisotopic (exact) mass is 360 g/mol. The summed E-state index contributed by atoms with van der Waals surface area (Å²) in [5.74, 6) is 0.281. The number of piperazine rings is 1. The Hall–Kier alpha value is -0.940. The lowest BCUT2D eigenvalue weighted by molar-refractivity contribution is 0.263. The first-order chi connectivity index (χ1) is 8.69. The third-order valence-electron chi connectivity index (χ3n) is 2.98. The Labute approximate surface area is 120 Å². The third kappa shape index (κ3) is 3.53. The van der Waals surface area contributed by atoms with Gasteiger partial charge in [0.25, 0.3) is 0 Å². The lowest BCUT2D eigenvalue weighted by Gasteiger charge is -2.35. The molecule has 96 valence electrons. The molecule has 18 heavy (non-hydrogen) atoms. The van der Waals surface area contributed by atoms with Gasteiger partial charge in [0.2, 0.25) is 5.95 Å². The molecule has 1 aromatic heterocycles. The summed E-state index contributed by atoms with van der Waals surface area (Å²) >= 11 is 2.10. The van der Waals surface area contributed by atoms with E-state index < -0.39 is 5.95 Å². The van der Waals surface area contributed by atoms with Gasteiger partial charge >= 0.3 is 0 Å². The number of hydrogen-bond donors (Lipinski definition) is 0. The molecule has 1 saturated heterocycles. The van der Waals surface area contributed by atoms with Gasteiger partial charge in [-0.1, -0.05) is 0 Å². The molecule has 0 N–H and O–H groups in total. The Balaban J connectivity index is 1.95. The number of aromatic nitrogens is 1. The van der Waals surface area contributed by atoms with Crippen molar-refractivity contribution in [3.05, 3.63) is 21.7 Å². The minimum absolute atomic E-state index is 0.427. The minimum atomic E-state index is -0.427. The van der Waals surface area contributed by atoms with Gasteiger partial charge in [-0.25, -0.2) is 4.98 Å². The molecule has 2 rings (SSSR count). The van der Waals surface area contributed by atoms with Crippen LogP contribution in [0.2, 0.25) is 0 Å². The molecule has 0 amide bonds. The molecule has 6 heteroatoms. The molecule has 0 bridgehead atoms. The van der Waals surface area contributed by atoms with Crippen LogP contribution in [-0.2, 0) is 0 Å². The Morgan fingerprint density at radius 3 is 2.67 bits per heavy atom. The normalized spacial score (nSPS) is 16.6. The van der Waals surface area contributed by atoms with Crippen LogP contribution in [-0.4, -0.2) is 42.6 Å². The second-order valence-electron chi connectivity index (χ2n) is 4.20. The Kier molecular flexibility index (Phi) is 4.72. The van der Waals surface area contributed by atoms with Gasteiger partial charge in [-0.3, -0.25) is 4.90 Å². The van der Waals surface area contributed by atoms with Gasteiger partial charge in [0.05, 0.1) is 6.07 Å². The van der Waals surface area contributed by atoms with Gasteiger partial charge in [0, 0.05) is 48.8 Å². The molecule has 0 aliphatic carbocycles. The van der Waals surface area contributed by atoms with E-state index in [2.05, 4.69) is 43.4 Å². The molecule has 0 radical (unpaired) electrons. The van der Waals surface area contributed by atoms with Crippen molar-refractivity contribution in [1.29, 1.82) is 5.26 Å². The average molecular weight is 360 g/mol. The first kappa shape index (κ1) is 13.5. The summed E-state index contributed by atoms with van der Waals surface area (Å²) < 4.78 is 14.1. The van der Waals surface area contributed by atoms with Crippen LogP contribution in [0, 0.1) is 20.8 Å². The Morgan fingerprint density at radius 1 is 1.33 bits per heavy atom. The lowest BCUT2D eigenvalue weighted by Crippen LogP contribution is -2.46. The number of nitrogens with zero attached hydrogens (tertiary/aromatic N) is 4. The van der Waals surface area contributed by atoms with Gasteiger partial charge in [0.1, 0.15) is 5.82 Å². The molecule has 0 aromatic carbocycles. The predicted octanol–water partition coefficient (Wildman–Crippen LogP) is 1.86. The number of nitriles is 1. The fraction of sp³-hybridized carbons (Fsp3) is 0.500. The summed E-state index contributed by atoms with van der Waals surface area (Å²) in [5.41, 5.74) is 0. The van der Waals surface area contributed by atoms with Gasteiger partial charge < -0.3 is 4.90 Å². The van der Waals surface area contributed by atoms with Crippen LogP contribution in [0.25, 0.3) is 0 Å². The van der Waals surface area contributed by atoms with Gasteiger partial charge in [-0.05, 0) is 28.7 Å². The molecule has 1 aliphatic rings. The zero-order chi connectivity index (χ0) is 13.0. The topological polar surface area (TPSA) is 43.2 Å². The molecular formula is C12H14FIN4. The van der Waals surface area contributed by atoms with Crippen molar-refractivity contribution in [3.8, 4) is 6.07 Å². The SMILES string of the molecule is N#CCCN1CCN(c2cc(I)cc(F)n2)CC1. The highest BCUT2D eigenvalue weighted by Crippen LogP contribution is 2.17. The summed E-state index contributed by atoms with van der Waals surface area (Å²) in [4.78, 5) is 8.27. The van der Waals surface area contributed by atoms with Crippen LogP contribution in [0.5, 0.6) is 0 Å². The maximum absolute atomic E-state index is 13.2. The fourth-order valence-corrected chi connectivity index (χ4v) is 2.56. The van der Waals surface area contributed by atoms with Crippen molar-refractivity contribution in [1.82, 2.24) is 9.88 Å². The average Bonchev–Trinajstić information content (AvgIpc) is 2.36. The molecule has 1 aliphatic heterocycles.